The summed E-state index contributed by atoms with van der Waals surface area (Å²) >= 11 is 0. The summed E-state index contributed by atoms with van der Waals surface area (Å²) in [5.74, 6) is 0.599. The number of hydrogen-bond donors (Lipinski definition) is 1. The summed E-state index contributed by atoms with van der Waals surface area (Å²) in [5, 5.41) is 0. The molecule has 12 heavy (non-hydrogen) atoms. The Bertz CT molecular complexity index is 233. The fraction of sp³-hybridized carbons (Fsp3) is 0.455. The van der Waals surface area contributed by atoms with Crippen molar-refractivity contribution in [1.29, 1.82) is 0 Å². The minimum atomic E-state index is 0. The number of benzene rings is 1. The van der Waals surface area contributed by atoms with Gasteiger partial charge in [0.15, 0.2) is 0 Å². The fourth-order valence-corrected chi connectivity index (χ4v) is 1.08. The first-order valence-corrected chi connectivity index (χ1v) is 4.03. The predicted octanol–water partition coefficient (Wildman–Crippen LogP) is 3.15. The molecule has 1 nitrogen and oxygen atoms in total. The van der Waals surface area contributed by atoms with Crippen LogP contribution in [0.25, 0.3) is 0 Å². The highest BCUT2D eigenvalue weighted by Gasteiger charge is 1.97. The highest BCUT2D eigenvalue weighted by molar-refractivity contribution is 5.25. The Morgan fingerprint density at radius 3 is 2.58 bits per heavy atom. The highest BCUT2D eigenvalue weighted by Crippen LogP contribution is 2.14. The molecule has 0 fully saturated rings. The summed E-state index contributed by atoms with van der Waals surface area (Å²) in [5.41, 5.74) is 8.11. The van der Waals surface area contributed by atoms with Crippen LogP contribution in [0.5, 0.6) is 0 Å². The maximum atomic E-state index is 5.52. The molecule has 0 aliphatic rings. The van der Waals surface area contributed by atoms with Crippen LogP contribution >= 0.6 is 0 Å². The second-order valence-electron chi connectivity index (χ2n) is 3.10. The molecule has 0 amide bonds. The van der Waals surface area contributed by atoms with Gasteiger partial charge < -0.3 is 5.73 Å². The van der Waals surface area contributed by atoms with E-state index >= 15 is 0 Å². The SMILES string of the molecule is C.CC(C)c1cccc(CN)c1.[HH]. The zero-order valence-electron chi connectivity index (χ0n) is 7.17. The van der Waals surface area contributed by atoms with E-state index in [1.807, 2.05) is 0 Å². The molecule has 1 aromatic carbocycles. The lowest BCUT2D eigenvalue weighted by Gasteiger charge is -2.05. The average molecular weight is 167 g/mol. The van der Waals surface area contributed by atoms with Gasteiger partial charge in [0.25, 0.3) is 0 Å². The van der Waals surface area contributed by atoms with Gasteiger partial charge in [-0.15, -0.1) is 0 Å². The first-order chi connectivity index (χ1) is 5.24. The van der Waals surface area contributed by atoms with Crippen molar-refractivity contribution in [2.45, 2.75) is 33.7 Å². The van der Waals surface area contributed by atoms with Crippen LogP contribution in [0.4, 0.5) is 0 Å². The molecule has 0 aliphatic heterocycles. The van der Waals surface area contributed by atoms with Crippen molar-refractivity contribution in [2.24, 2.45) is 5.73 Å². The van der Waals surface area contributed by atoms with E-state index in [1.165, 1.54) is 11.1 Å². The van der Waals surface area contributed by atoms with Gasteiger partial charge in [0, 0.05) is 7.97 Å². The average Bonchev–Trinajstić information content (AvgIpc) is 2.05. The second-order valence-corrected chi connectivity index (χ2v) is 3.10. The third kappa shape index (κ3) is 2.67. The summed E-state index contributed by atoms with van der Waals surface area (Å²) in [4.78, 5) is 0. The largest absolute Gasteiger partial charge is 0.326 e. The molecule has 1 aromatic rings. The van der Waals surface area contributed by atoms with Gasteiger partial charge in [0.05, 0.1) is 0 Å². The molecule has 0 spiro atoms. The van der Waals surface area contributed by atoms with Crippen LogP contribution in [-0.4, -0.2) is 0 Å². The lowest BCUT2D eigenvalue weighted by Crippen LogP contribution is -1.97. The van der Waals surface area contributed by atoms with Crippen LogP contribution in [0.3, 0.4) is 0 Å². The predicted molar refractivity (Wildman–Crippen MR) is 57.3 cm³/mol. The number of rotatable bonds is 2. The Morgan fingerprint density at radius 1 is 1.42 bits per heavy atom. The molecular weight excluding hydrogens is 146 g/mol. The van der Waals surface area contributed by atoms with Crippen molar-refractivity contribution >= 4 is 0 Å². The summed E-state index contributed by atoms with van der Waals surface area (Å²) in [6.07, 6.45) is 0. The van der Waals surface area contributed by atoms with Gasteiger partial charge in [-0.25, -0.2) is 0 Å². The third-order valence-electron chi connectivity index (χ3n) is 1.85. The van der Waals surface area contributed by atoms with E-state index in [9.17, 15) is 0 Å². The Morgan fingerprint density at radius 2 is 2.08 bits per heavy atom. The Labute approximate surface area is 77.1 Å². The van der Waals surface area contributed by atoms with Gasteiger partial charge in [-0.1, -0.05) is 45.5 Å². The topological polar surface area (TPSA) is 26.0 Å². The van der Waals surface area contributed by atoms with E-state index in [4.69, 9.17) is 5.73 Å². The summed E-state index contributed by atoms with van der Waals surface area (Å²) in [6.45, 7) is 5.02. The lowest BCUT2D eigenvalue weighted by atomic mass is 10.0. The van der Waals surface area contributed by atoms with E-state index in [-0.39, 0.29) is 8.85 Å². The van der Waals surface area contributed by atoms with Crippen LogP contribution < -0.4 is 5.73 Å². The minimum absolute atomic E-state index is 0. The maximum absolute atomic E-state index is 5.52. The second kappa shape index (κ2) is 4.94. The molecule has 0 heterocycles. The first-order valence-electron chi connectivity index (χ1n) is 4.03. The van der Waals surface area contributed by atoms with E-state index in [0.717, 1.165) is 0 Å². The van der Waals surface area contributed by atoms with Gasteiger partial charge in [0.1, 0.15) is 0 Å². The molecule has 0 bridgehead atoms. The molecule has 0 saturated carbocycles. The van der Waals surface area contributed by atoms with Crippen LogP contribution in [0.2, 0.25) is 0 Å². The summed E-state index contributed by atoms with van der Waals surface area (Å²) < 4.78 is 0. The van der Waals surface area contributed by atoms with Gasteiger partial charge in [-0.05, 0) is 17.0 Å². The molecule has 1 rings (SSSR count). The molecule has 2 N–H and O–H groups in total. The van der Waals surface area contributed by atoms with E-state index in [0.29, 0.717) is 12.5 Å². The monoisotopic (exact) mass is 167 g/mol. The van der Waals surface area contributed by atoms with E-state index < -0.39 is 0 Å². The Kier molecular flexibility index (Phi) is 4.60. The van der Waals surface area contributed by atoms with Crippen LogP contribution in [-0.2, 0) is 6.54 Å². The summed E-state index contributed by atoms with van der Waals surface area (Å²) in [7, 11) is 0. The summed E-state index contributed by atoms with van der Waals surface area (Å²) in [6, 6.07) is 8.44. The van der Waals surface area contributed by atoms with E-state index in [2.05, 4.69) is 38.1 Å². The number of hydrogen-bond acceptors (Lipinski definition) is 1. The quantitative estimate of drug-likeness (QED) is 0.719. The van der Waals surface area contributed by atoms with E-state index in [1.54, 1.807) is 0 Å². The van der Waals surface area contributed by atoms with Crippen molar-refractivity contribution in [3.63, 3.8) is 0 Å². The van der Waals surface area contributed by atoms with Gasteiger partial charge in [-0.3, -0.25) is 0 Å². The molecule has 1 heteroatoms. The van der Waals surface area contributed by atoms with Gasteiger partial charge >= 0.3 is 0 Å². The van der Waals surface area contributed by atoms with Crippen molar-refractivity contribution in [3.8, 4) is 0 Å². The van der Waals surface area contributed by atoms with Crippen molar-refractivity contribution in [3.05, 3.63) is 35.4 Å². The zero-order valence-corrected chi connectivity index (χ0v) is 7.17. The van der Waals surface area contributed by atoms with Crippen LogP contribution in [0, 0.1) is 0 Å². The fourth-order valence-electron chi connectivity index (χ4n) is 1.08. The molecule has 0 atom stereocenters. The lowest BCUT2D eigenvalue weighted by molar-refractivity contribution is 0.861. The normalized spacial score (nSPS) is 9.67. The Balaban J connectivity index is 0. The molecule has 70 valence electrons. The molecule has 0 aromatic heterocycles. The maximum Gasteiger partial charge on any atom is 0.0178 e. The van der Waals surface area contributed by atoms with Crippen LogP contribution in [0.1, 0.15) is 39.7 Å². The van der Waals surface area contributed by atoms with Crippen molar-refractivity contribution in [2.75, 3.05) is 0 Å². The van der Waals surface area contributed by atoms with Crippen LogP contribution in [0.15, 0.2) is 24.3 Å². The molecule has 0 unspecified atom stereocenters. The standard InChI is InChI=1S/C10H15N.CH4.H2/c1-8(2)10-5-3-4-9(6-10)7-11;;/h3-6,8H,7,11H2,1-2H3;1H4;1H. The molecule has 0 aliphatic carbocycles. The smallest absolute Gasteiger partial charge is 0.0178 e. The minimum Gasteiger partial charge on any atom is -0.326 e. The number of nitrogens with two attached hydrogens (primary N) is 1. The van der Waals surface area contributed by atoms with Crippen molar-refractivity contribution in [1.82, 2.24) is 0 Å². The van der Waals surface area contributed by atoms with Gasteiger partial charge in [0.2, 0.25) is 0 Å². The third-order valence-corrected chi connectivity index (χ3v) is 1.85. The first kappa shape index (κ1) is 11.2. The molecular formula is C11H21N. The Hall–Kier alpha value is -0.820. The molecule has 0 radical (unpaired) electrons. The molecule has 0 saturated heterocycles. The highest BCUT2D eigenvalue weighted by atomic mass is 14.5. The zero-order chi connectivity index (χ0) is 8.27. The van der Waals surface area contributed by atoms with Gasteiger partial charge in [-0.2, -0.15) is 0 Å². The van der Waals surface area contributed by atoms with Crippen molar-refractivity contribution < 1.29 is 1.43 Å².